The molecule has 0 saturated heterocycles. The van der Waals surface area contributed by atoms with Crippen molar-refractivity contribution in [3.8, 4) is 0 Å². The summed E-state index contributed by atoms with van der Waals surface area (Å²) in [6.07, 6.45) is 0. The predicted octanol–water partition coefficient (Wildman–Crippen LogP) is 2.16. The molecule has 0 aromatic carbocycles. The van der Waals surface area contributed by atoms with Crippen LogP contribution in [0.5, 0.6) is 0 Å². The maximum Gasteiger partial charge on any atom is 0.385 e. The molecule has 0 bridgehead atoms. The molecule has 0 aliphatic rings. The van der Waals surface area contributed by atoms with Crippen molar-refractivity contribution < 1.29 is 18.3 Å². The number of hydrogen-bond donors (Lipinski definition) is 1. The first-order chi connectivity index (χ1) is 7.13. The van der Waals surface area contributed by atoms with Crippen molar-refractivity contribution in [3.05, 3.63) is 11.1 Å². The molecule has 0 amide bonds. The average molecular weight is 250 g/mol. The summed E-state index contributed by atoms with van der Waals surface area (Å²) in [4.78, 5) is 14.6. The predicted molar refractivity (Wildman–Crippen MR) is 56.3 cm³/mol. The third kappa shape index (κ3) is 2.88. The molecular formula is C9H12F2N2O2S. The lowest BCUT2D eigenvalue weighted by Crippen LogP contribution is -2.35. The number of hydrogen-bond acceptors (Lipinski definition) is 5. The van der Waals surface area contributed by atoms with Gasteiger partial charge in [0.2, 0.25) is 0 Å². The summed E-state index contributed by atoms with van der Waals surface area (Å²) in [6.45, 7) is 4.53. The molecule has 90 valence electrons. The fourth-order valence-corrected chi connectivity index (χ4v) is 1.46. The smallest absolute Gasteiger partial charge is 0.385 e. The van der Waals surface area contributed by atoms with Crippen molar-refractivity contribution >= 4 is 22.4 Å². The summed E-state index contributed by atoms with van der Waals surface area (Å²) in [5.41, 5.74) is 3.58. The molecule has 0 aliphatic carbocycles. The van der Waals surface area contributed by atoms with Gasteiger partial charge in [0.15, 0.2) is 5.13 Å². The standard InChI is InChI=1S/C9H12F2N2O2S/c1-8(2,3)15-6(14)9(10,11)5-4-16-7(12)13-5/h4H,1-3H3,(H2,12,13). The number of nitrogens with zero attached hydrogens (tertiary/aromatic N) is 1. The lowest BCUT2D eigenvalue weighted by Gasteiger charge is -2.22. The van der Waals surface area contributed by atoms with Crippen molar-refractivity contribution in [1.82, 2.24) is 4.98 Å². The second-order valence-electron chi connectivity index (χ2n) is 4.15. The highest BCUT2D eigenvalue weighted by atomic mass is 32.1. The molecule has 1 aromatic rings. The van der Waals surface area contributed by atoms with Gasteiger partial charge in [-0.25, -0.2) is 9.78 Å². The molecule has 1 aromatic heterocycles. The Morgan fingerprint density at radius 1 is 1.50 bits per heavy atom. The molecule has 7 heteroatoms. The molecule has 0 radical (unpaired) electrons. The van der Waals surface area contributed by atoms with Gasteiger partial charge in [0, 0.05) is 5.38 Å². The molecule has 1 heterocycles. The Labute approximate surface area is 95.4 Å². The fourth-order valence-electron chi connectivity index (χ4n) is 0.879. The number of ether oxygens (including phenoxy) is 1. The highest BCUT2D eigenvalue weighted by Gasteiger charge is 2.46. The second-order valence-corrected chi connectivity index (χ2v) is 5.04. The summed E-state index contributed by atoms with van der Waals surface area (Å²) in [5.74, 6) is -5.38. The van der Waals surface area contributed by atoms with Crippen LogP contribution >= 0.6 is 11.3 Å². The van der Waals surface area contributed by atoms with E-state index >= 15 is 0 Å². The van der Waals surface area contributed by atoms with Crippen LogP contribution in [0, 0.1) is 0 Å². The van der Waals surface area contributed by atoms with Gasteiger partial charge in [-0.3, -0.25) is 0 Å². The maximum absolute atomic E-state index is 13.5. The molecule has 0 fully saturated rings. The number of anilines is 1. The Kier molecular flexibility index (Phi) is 3.18. The molecule has 1 rings (SSSR count). The van der Waals surface area contributed by atoms with Gasteiger partial charge in [0.05, 0.1) is 0 Å². The van der Waals surface area contributed by atoms with Crippen LogP contribution in [0.1, 0.15) is 26.5 Å². The number of nitrogens with two attached hydrogens (primary N) is 1. The topological polar surface area (TPSA) is 65.2 Å². The Bertz CT molecular complexity index is 398. The molecule has 0 saturated carbocycles. The van der Waals surface area contributed by atoms with Gasteiger partial charge < -0.3 is 10.5 Å². The lowest BCUT2D eigenvalue weighted by molar-refractivity contribution is -0.185. The first-order valence-corrected chi connectivity index (χ1v) is 5.33. The molecule has 2 N–H and O–H groups in total. The van der Waals surface area contributed by atoms with Crippen LogP contribution in [0.25, 0.3) is 0 Å². The van der Waals surface area contributed by atoms with Crippen LogP contribution in [0.15, 0.2) is 5.38 Å². The maximum atomic E-state index is 13.5. The monoisotopic (exact) mass is 250 g/mol. The van der Waals surface area contributed by atoms with E-state index in [2.05, 4.69) is 9.72 Å². The zero-order chi connectivity index (χ0) is 12.6. The Balaban J connectivity index is 2.90. The number of thiazole rings is 1. The highest BCUT2D eigenvalue weighted by Crippen LogP contribution is 2.32. The van der Waals surface area contributed by atoms with E-state index in [0.717, 1.165) is 16.7 Å². The van der Waals surface area contributed by atoms with E-state index in [9.17, 15) is 13.6 Å². The Hall–Kier alpha value is -1.24. The first-order valence-electron chi connectivity index (χ1n) is 4.45. The van der Waals surface area contributed by atoms with Crippen molar-refractivity contribution in [2.24, 2.45) is 0 Å². The minimum Gasteiger partial charge on any atom is -0.455 e. The third-order valence-corrected chi connectivity index (χ3v) is 2.17. The van der Waals surface area contributed by atoms with Crippen LogP contribution in [-0.4, -0.2) is 16.6 Å². The van der Waals surface area contributed by atoms with E-state index < -0.39 is 23.2 Å². The summed E-state index contributed by atoms with van der Waals surface area (Å²) < 4.78 is 31.6. The second kappa shape index (κ2) is 3.97. The number of alkyl halides is 2. The highest BCUT2D eigenvalue weighted by molar-refractivity contribution is 7.13. The number of esters is 1. The van der Waals surface area contributed by atoms with Gasteiger partial charge in [-0.1, -0.05) is 0 Å². The average Bonchev–Trinajstić information content (AvgIpc) is 2.48. The van der Waals surface area contributed by atoms with E-state index in [0.29, 0.717) is 0 Å². The summed E-state index contributed by atoms with van der Waals surface area (Å²) >= 11 is 0.846. The zero-order valence-electron chi connectivity index (χ0n) is 9.08. The van der Waals surface area contributed by atoms with Crippen molar-refractivity contribution in [2.75, 3.05) is 5.73 Å². The van der Waals surface area contributed by atoms with E-state index in [-0.39, 0.29) is 5.13 Å². The number of carbonyl (C=O) groups is 1. The summed E-state index contributed by atoms with van der Waals surface area (Å²) in [7, 11) is 0. The van der Waals surface area contributed by atoms with Gasteiger partial charge in [-0.05, 0) is 20.8 Å². The lowest BCUT2D eigenvalue weighted by atomic mass is 10.2. The first kappa shape index (κ1) is 12.8. The zero-order valence-corrected chi connectivity index (χ0v) is 9.90. The molecule has 4 nitrogen and oxygen atoms in total. The summed E-state index contributed by atoms with van der Waals surface area (Å²) in [5, 5.41) is 1.03. The molecule has 16 heavy (non-hydrogen) atoms. The van der Waals surface area contributed by atoms with E-state index in [4.69, 9.17) is 5.73 Å². The van der Waals surface area contributed by atoms with E-state index in [1.165, 1.54) is 20.8 Å². The third-order valence-electron chi connectivity index (χ3n) is 1.50. The minimum absolute atomic E-state index is 0.0155. The SMILES string of the molecule is CC(C)(C)OC(=O)C(F)(F)c1csc(N)n1. The number of carbonyl (C=O) groups excluding carboxylic acids is 1. The quantitative estimate of drug-likeness (QED) is 0.817. The van der Waals surface area contributed by atoms with E-state index in [1.54, 1.807) is 0 Å². The van der Waals surface area contributed by atoms with E-state index in [1.807, 2.05) is 0 Å². The molecule has 0 aliphatic heterocycles. The van der Waals surface area contributed by atoms with Gasteiger partial charge >= 0.3 is 11.9 Å². The Morgan fingerprint density at radius 2 is 2.06 bits per heavy atom. The van der Waals surface area contributed by atoms with Crippen LogP contribution < -0.4 is 5.73 Å². The van der Waals surface area contributed by atoms with Crippen LogP contribution in [0.2, 0.25) is 0 Å². The number of rotatable bonds is 2. The van der Waals surface area contributed by atoms with Gasteiger partial charge in [-0.2, -0.15) is 8.78 Å². The molecular weight excluding hydrogens is 238 g/mol. The number of aromatic nitrogens is 1. The van der Waals surface area contributed by atoms with Gasteiger partial charge in [0.1, 0.15) is 11.3 Å². The van der Waals surface area contributed by atoms with Gasteiger partial charge in [0.25, 0.3) is 0 Å². The Morgan fingerprint density at radius 3 is 2.44 bits per heavy atom. The minimum atomic E-state index is -3.76. The van der Waals surface area contributed by atoms with Crippen LogP contribution in [0.3, 0.4) is 0 Å². The van der Waals surface area contributed by atoms with Gasteiger partial charge in [-0.15, -0.1) is 11.3 Å². The van der Waals surface area contributed by atoms with Crippen molar-refractivity contribution in [1.29, 1.82) is 0 Å². The normalized spacial score (nSPS) is 12.6. The molecule has 0 atom stereocenters. The molecule has 0 unspecified atom stereocenters. The molecule has 0 spiro atoms. The number of nitrogen functional groups attached to an aromatic ring is 1. The number of halogens is 2. The van der Waals surface area contributed by atoms with Crippen molar-refractivity contribution in [2.45, 2.75) is 32.3 Å². The van der Waals surface area contributed by atoms with Crippen molar-refractivity contribution in [3.63, 3.8) is 0 Å². The van der Waals surface area contributed by atoms with Crippen LogP contribution in [0.4, 0.5) is 13.9 Å². The van der Waals surface area contributed by atoms with Crippen LogP contribution in [-0.2, 0) is 15.5 Å². The fraction of sp³-hybridized carbons (Fsp3) is 0.556. The largest absolute Gasteiger partial charge is 0.455 e. The summed E-state index contributed by atoms with van der Waals surface area (Å²) in [6, 6.07) is 0.